The molecule has 2 fully saturated rings. The van der Waals surface area contributed by atoms with Crippen molar-refractivity contribution in [1.82, 2.24) is 10.2 Å². The first-order chi connectivity index (χ1) is 12.8. The number of hydrogen-bond donors (Lipinski definition) is 2. The molecule has 2 aliphatic rings. The number of nitrogens with zero attached hydrogens (tertiary/aromatic N) is 1. The van der Waals surface area contributed by atoms with Crippen molar-refractivity contribution < 1.29 is 23.0 Å². The van der Waals surface area contributed by atoms with Crippen molar-refractivity contribution in [2.45, 2.75) is 62.4 Å². The molecule has 4 nitrogen and oxygen atoms in total. The third kappa shape index (κ3) is 5.36. The maximum Gasteiger partial charge on any atom is 0.573 e. The molecule has 3 rings (SSSR count). The fourth-order valence-corrected chi connectivity index (χ4v) is 4.52. The van der Waals surface area contributed by atoms with Crippen molar-refractivity contribution >= 4 is 0 Å². The van der Waals surface area contributed by atoms with Crippen molar-refractivity contribution in [1.29, 1.82) is 0 Å². The number of likely N-dealkylation sites (tertiary alicyclic amines) is 1. The van der Waals surface area contributed by atoms with Crippen molar-refractivity contribution in [2.75, 3.05) is 26.7 Å². The quantitative estimate of drug-likeness (QED) is 0.783. The fraction of sp³-hybridized carbons (Fsp3) is 0.700. The lowest BCUT2D eigenvalue weighted by Crippen LogP contribution is -2.44. The van der Waals surface area contributed by atoms with Gasteiger partial charge in [-0.1, -0.05) is 31.4 Å². The Balaban J connectivity index is 1.84. The van der Waals surface area contributed by atoms with Gasteiger partial charge in [0.15, 0.2) is 0 Å². The molecular formula is C20H29F3N2O2. The van der Waals surface area contributed by atoms with Crippen LogP contribution in [0.4, 0.5) is 13.2 Å². The second-order valence-corrected chi connectivity index (χ2v) is 7.87. The Kier molecular flexibility index (Phi) is 6.33. The topological polar surface area (TPSA) is 44.7 Å². The molecule has 27 heavy (non-hydrogen) atoms. The smallest absolute Gasteiger partial charge is 0.406 e. The minimum absolute atomic E-state index is 0.223. The normalized spacial score (nSPS) is 24.7. The van der Waals surface area contributed by atoms with Gasteiger partial charge < -0.3 is 20.1 Å². The van der Waals surface area contributed by atoms with Crippen LogP contribution in [0.25, 0.3) is 0 Å². The van der Waals surface area contributed by atoms with Gasteiger partial charge in [0.1, 0.15) is 5.75 Å². The first kappa shape index (κ1) is 20.4. The number of aliphatic hydroxyl groups is 1. The number of benzene rings is 1. The molecule has 1 heterocycles. The number of rotatable bonds is 6. The molecule has 2 atom stereocenters. The van der Waals surface area contributed by atoms with Crippen molar-refractivity contribution in [3.63, 3.8) is 0 Å². The predicted octanol–water partition coefficient (Wildman–Crippen LogP) is 3.66. The van der Waals surface area contributed by atoms with Crippen molar-refractivity contribution in [2.24, 2.45) is 0 Å². The van der Waals surface area contributed by atoms with Gasteiger partial charge in [0, 0.05) is 25.0 Å². The summed E-state index contributed by atoms with van der Waals surface area (Å²) in [7, 11) is 1.94. The number of likely N-dealkylation sites (N-methyl/N-ethyl adjacent to an activating group) is 1. The zero-order valence-corrected chi connectivity index (χ0v) is 15.8. The average Bonchev–Trinajstić information content (AvgIpc) is 3.07. The van der Waals surface area contributed by atoms with Crippen LogP contribution in [0.3, 0.4) is 0 Å². The summed E-state index contributed by atoms with van der Waals surface area (Å²) in [5.41, 5.74) is -0.165. The van der Waals surface area contributed by atoms with E-state index in [4.69, 9.17) is 0 Å². The lowest BCUT2D eigenvalue weighted by molar-refractivity contribution is -0.274. The van der Waals surface area contributed by atoms with Gasteiger partial charge in [-0.3, -0.25) is 0 Å². The summed E-state index contributed by atoms with van der Waals surface area (Å²) in [6.45, 7) is 2.46. The SMILES string of the molecule is CN[C@H]1CCN(CC(c2cccc(OC(F)(F)F)c2)C2(O)CCCCC2)C1. The Labute approximate surface area is 158 Å². The Bertz CT molecular complexity index is 617. The van der Waals surface area contributed by atoms with Crippen LogP contribution in [-0.2, 0) is 0 Å². The molecule has 2 N–H and O–H groups in total. The second kappa shape index (κ2) is 8.37. The Morgan fingerprint density at radius 2 is 2.04 bits per heavy atom. The molecule has 1 unspecified atom stereocenters. The van der Waals surface area contributed by atoms with Gasteiger partial charge in [-0.2, -0.15) is 0 Å². The summed E-state index contributed by atoms with van der Waals surface area (Å²) in [6.07, 6.45) is 0.688. The zero-order chi connectivity index (χ0) is 19.5. The van der Waals surface area contributed by atoms with Crippen LogP contribution in [0.1, 0.15) is 50.0 Å². The molecule has 152 valence electrons. The van der Waals surface area contributed by atoms with E-state index in [1.54, 1.807) is 6.07 Å². The minimum Gasteiger partial charge on any atom is -0.406 e. The van der Waals surface area contributed by atoms with Gasteiger partial charge in [0.05, 0.1) is 5.60 Å². The van der Waals surface area contributed by atoms with Crippen molar-refractivity contribution in [3.05, 3.63) is 29.8 Å². The minimum atomic E-state index is -4.72. The maximum atomic E-state index is 12.6. The van der Waals surface area contributed by atoms with E-state index in [1.165, 1.54) is 12.1 Å². The molecule has 1 aromatic carbocycles. The van der Waals surface area contributed by atoms with Crippen LogP contribution < -0.4 is 10.1 Å². The molecule has 7 heteroatoms. The lowest BCUT2D eigenvalue weighted by atomic mass is 9.72. The van der Waals surface area contributed by atoms with Crippen molar-refractivity contribution in [3.8, 4) is 5.75 Å². The summed E-state index contributed by atoms with van der Waals surface area (Å²) in [5, 5.41) is 14.7. The molecule has 0 aromatic heterocycles. The first-order valence-electron chi connectivity index (χ1n) is 9.77. The van der Waals surface area contributed by atoms with Crippen LogP contribution in [0, 0.1) is 0 Å². The lowest BCUT2D eigenvalue weighted by Gasteiger charge is -2.41. The van der Waals surface area contributed by atoms with Gasteiger partial charge in [-0.25, -0.2) is 0 Å². The molecular weight excluding hydrogens is 357 g/mol. The molecule has 1 saturated carbocycles. The summed E-state index contributed by atoms with van der Waals surface area (Å²) >= 11 is 0. The van der Waals surface area contributed by atoms with Gasteiger partial charge in [0.2, 0.25) is 0 Å². The fourth-order valence-electron chi connectivity index (χ4n) is 4.52. The van der Waals surface area contributed by atoms with E-state index in [0.29, 0.717) is 31.0 Å². The van der Waals surface area contributed by atoms with Gasteiger partial charge >= 0.3 is 6.36 Å². The van der Waals surface area contributed by atoms with E-state index < -0.39 is 12.0 Å². The van der Waals surface area contributed by atoms with E-state index in [9.17, 15) is 18.3 Å². The van der Waals surface area contributed by atoms with E-state index >= 15 is 0 Å². The Morgan fingerprint density at radius 1 is 1.30 bits per heavy atom. The van der Waals surface area contributed by atoms with Gasteiger partial charge in [-0.05, 0) is 50.6 Å². The number of ether oxygens (including phenoxy) is 1. The summed E-state index contributed by atoms with van der Waals surface area (Å²) in [6, 6.07) is 6.57. The third-order valence-corrected chi connectivity index (χ3v) is 5.98. The largest absolute Gasteiger partial charge is 0.573 e. The van der Waals surface area contributed by atoms with Gasteiger partial charge in [0.25, 0.3) is 0 Å². The molecule has 0 bridgehead atoms. The van der Waals surface area contributed by atoms with Crippen LogP contribution in [-0.4, -0.2) is 54.7 Å². The standard InChI is InChI=1S/C20H29F3N2O2/c1-24-16-8-11-25(13-16)14-18(19(26)9-3-2-4-10-19)15-6-5-7-17(12-15)27-20(21,22)23/h5-7,12,16,18,24,26H,2-4,8-11,13-14H2,1H3/t16-,18?/m0/s1. The van der Waals surface area contributed by atoms with Crippen LogP contribution in [0.2, 0.25) is 0 Å². The van der Waals surface area contributed by atoms with Gasteiger partial charge in [-0.15, -0.1) is 13.2 Å². The summed E-state index contributed by atoms with van der Waals surface area (Å²) in [4.78, 5) is 2.30. The first-order valence-corrected chi connectivity index (χ1v) is 9.77. The maximum absolute atomic E-state index is 12.6. The molecule has 1 saturated heterocycles. The molecule has 0 spiro atoms. The monoisotopic (exact) mass is 386 g/mol. The highest BCUT2D eigenvalue weighted by molar-refractivity contribution is 5.33. The number of alkyl halides is 3. The Hall–Kier alpha value is -1.31. The van der Waals surface area contributed by atoms with E-state index in [2.05, 4.69) is 15.0 Å². The molecule has 1 aliphatic carbocycles. The molecule has 0 radical (unpaired) electrons. The highest BCUT2D eigenvalue weighted by Crippen LogP contribution is 2.41. The number of nitrogens with one attached hydrogen (secondary N) is 1. The molecule has 0 amide bonds. The summed E-state index contributed by atoms with van der Waals surface area (Å²) < 4.78 is 42.0. The highest BCUT2D eigenvalue weighted by atomic mass is 19.4. The third-order valence-electron chi connectivity index (χ3n) is 5.98. The predicted molar refractivity (Wildman–Crippen MR) is 97.8 cm³/mol. The molecule has 1 aliphatic heterocycles. The highest BCUT2D eigenvalue weighted by Gasteiger charge is 2.41. The Morgan fingerprint density at radius 3 is 2.67 bits per heavy atom. The number of halogens is 3. The summed E-state index contributed by atoms with van der Waals surface area (Å²) in [5.74, 6) is -0.455. The average molecular weight is 386 g/mol. The molecule has 1 aromatic rings. The van der Waals surface area contributed by atoms with Crippen LogP contribution in [0.15, 0.2) is 24.3 Å². The van der Waals surface area contributed by atoms with E-state index in [1.807, 2.05) is 13.1 Å². The van der Waals surface area contributed by atoms with E-state index in [0.717, 1.165) is 38.8 Å². The number of hydrogen-bond acceptors (Lipinski definition) is 4. The second-order valence-electron chi connectivity index (χ2n) is 7.87. The van der Waals surface area contributed by atoms with Crippen LogP contribution >= 0.6 is 0 Å². The van der Waals surface area contributed by atoms with E-state index in [-0.39, 0.29) is 11.7 Å². The zero-order valence-electron chi connectivity index (χ0n) is 15.8. The van der Waals surface area contributed by atoms with Crippen LogP contribution in [0.5, 0.6) is 5.75 Å².